The quantitative estimate of drug-likeness (QED) is 0.836. The molecule has 2 N–H and O–H groups in total. The van der Waals surface area contributed by atoms with Crippen LogP contribution in [0.2, 0.25) is 0 Å². The molecular formula is C12H13F2NO5S. The van der Waals surface area contributed by atoms with E-state index in [4.69, 9.17) is 14.6 Å². The number of carbonyl (C=O) groups is 1. The smallest absolute Gasteiger partial charge is 0.341 e. The second kappa shape index (κ2) is 6.04. The van der Waals surface area contributed by atoms with Gasteiger partial charge in [-0.3, -0.25) is 0 Å². The molecule has 0 radical (unpaired) electrons. The molecule has 0 amide bonds. The summed E-state index contributed by atoms with van der Waals surface area (Å²) in [6.45, 7) is 0.790. The van der Waals surface area contributed by atoms with Crippen molar-refractivity contribution in [2.75, 3.05) is 13.2 Å². The van der Waals surface area contributed by atoms with Crippen molar-refractivity contribution in [3.05, 3.63) is 29.3 Å². The van der Waals surface area contributed by atoms with Gasteiger partial charge in [0.25, 0.3) is 0 Å². The van der Waals surface area contributed by atoms with Crippen molar-refractivity contribution in [2.24, 2.45) is 5.14 Å². The van der Waals surface area contributed by atoms with Gasteiger partial charge in [0.2, 0.25) is 10.0 Å². The predicted octanol–water partition coefficient (Wildman–Crippen LogP) is 0.948. The minimum atomic E-state index is -4.27. The fraction of sp³-hybridized carbons (Fsp3) is 0.417. The van der Waals surface area contributed by atoms with Gasteiger partial charge in [0.15, 0.2) is 11.6 Å². The monoisotopic (exact) mass is 321 g/mol. The van der Waals surface area contributed by atoms with Crippen molar-refractivity contribution in [1.82, 2.24) is 0 Å². The summed E-state index contributed by atoms with van der Waals surface area (Å²) >= 11 is 0. The highest BCUT2D eigenvalue weighted by molar-refractivity contribution is 7.89. The molecule has 0 spiro atoms. The van der Waals surface area contributed by atoms with Gasteiger partial charge in [-0.15, -0.1) is 0 Å². The second-order valence-corrected chi connectivity index (χ2v) is 6.09. The van der Waals surface area contributed by atoms with Crippen LogP contribution in [0.4, 0.5) is 8.78 Å². The SMILES string of the molecule is NS(=O)(=O)c1cc(F)c(F)c(C(=O)OC2CCOCC2)c1. The first kappa shape index (κ1) is 15.8. The van der Waals surface area contributed by atoms with E-state index in [9.17, 15) is 22.0 Å². The highest BCUT2D eigenvalue weighted by Gasteiger charge is 2.25. The molecule has 0 aromatic heterocycles. The Balaban J connectivity index is 2.29. The molecule has 0 unspecified atom stereocenters. The molecule has 1 heterocycles. The van der Waals surface area contributed by atoms with Crippen LogP contribution in [0.5, 0.6) is 0 Å². The summed E-state index contributed by atoms with van der Waals surface area (Å²) in [6, 6.07) is 1.07. The molecule has 6 nitrogen and oxygen atoms in total. The second-order valence-electron chi connectivity index (χ2n) is 4.53. The molecule has 1 fully saturated rings. The predicted molar refractivity (Wildman–Crippen MR) is 67.0 cm³/mol. The number of hydrogen-bond donors (Lipinski definition) is 1. The number of carbonyl (C=O) groups excluding carboxylic acids is 1. The van der Waals surface area contributed by atoms with E-state index >= 15 is 0 Å². The Hall–Kier alpha value is -1.58. The van der Waals surface area contributed by atoms with Crippen LogP contribution in [0, 0.1) is 11.6 Å². The van der Waals surface area contributed by atoms with Crippen molar-refractivity contribution < 1.29 is 31.5 Å². The summed E-state index contributed by atoms with van der Waals surface area (Å²) < 4.78 is 59.5. The van der Waals surface area contributed by atoms with Crippen LogP contribution < -0.4 is 5.14 Å². The minimum absolute atomic E-state index is 0.395. The van der Waals surface area contributed by atoms with Gasteiger partial charge in [0, 0.05) is 12.8 Å². The van der Waals surface area contributed by atoms with Crippen molar-refractivity contribution in [1.29, 1.82) is 0 Å². The summed E-state index contributed by atoms with van der Waals surface area (Å²) in [6.07, 6.45) is 0.391. The van der Waals surface area contributed by atoms with Crippen LogP contribution in [0.3, 0.4) is 0 Å². The molecule has 0 atom stereocenters. The van der Waals surface area contributed by atoms with Gasteiger partial charge >= 0.3 is 5.97 Å². The van der Waals surface area contributed by atoms with Gasteiger partial charge in [-0.2, -0.15) is 0 Å². The molecule has 1 saturated heterocycles. The van der Waals surface area contributed by atoms with Gasteiger partial charge in [-0.1, -0.05) is 0 Å². The lowest BCUT2D eigenvalue weighted by Gasteiger charge is -2.22. The van der Waals surface area contributed by atoms with E-state index in [2.05, 4.69) is 0 Å². The number of ether oxygens (including phenoxy) is 2. The third-order valence-electron chi connectivity index (χ3n) is 2.99. The van der Waals surface area contributed by atoms with E-state index < -0.39 is 44.2 Å². The standard InChI is InChI=1S/C12H13F2NO5S/c13-10-6-8(21(15,17)18)5-9(11(10)14)12(16)20-7-1-3-19-4-2-7/h5-7H,1-4H2,(H2,15,17,18). The average Bonchev–Trinajstić information content (AvgIpc) is 2.41. The molecule has 0 bridgehead atoms. The Bertz CT molecular complexity index is 656. The highest BCUT2D eigenvalue weighted by atomic mass is 32.2. The zero-order valence-electron chi connectivity index (χ0n) is 10.8. The minimum Gasteiger partial charge on any atom is -0.459 e. The van der Waals surface area contributed by atoms with Crippen LogP contribution >= 0.6 is 0 Å². The Labute approximate surface area is 119 Å². The maximum atomic E-state index is 13.6. The maximum absolute atomic E-state index is 13.6. The normalized spacial score (nSPS) is 16.7. The molecule has 2 rings (SSSR count). The topological polar surface area (TPSA) is 95.7 Å². The summed E-state index contributed by atoms with van der Waals surface area (Å²) in [4.78, 5) is 11.2. The Kier molecular flexibility index (Phi) is 4.55. The Morgan fingerprint density at radius 2 is 1.90 bits per heavy atom. The van der Waals surface area contributed by atoms with Crippen LogP contribution in [0.15, 0.2) is 17.0 Å². The van der Waals surface area contributed by atoms with Gasteiger partial charge < -0.3 is 9.47 Å². The Morgan fingerprint density at radius 3 is 2.48 bits per heavy atom. The number of esters is 1. The van der Waals surface area contributed by atoms with Crippen molar-refractivity contribution >= 4 is 16.0 Å². The van der Waals surface area contributed by atoms with Gasteiger partial charge in [0.1, 0.15) is 6.10 Å². The number of halogens is 2. The molecule has 1 aromatic carbocycles. The number of benzene rings is 1. The zero-order valence-corrected chi connectivity index (χ0v) is 11.7. The van der Waals surface area contributed by atoms with E-state index in [-0.39, 0.29) is 0 Å². The lowest BCUT2D eigenvalue weighted by atomic mass is 10.1. The first-order valence-corrected chi connectivity index (χ1v) is 7.64. The molecule has 0 saturated carbocycles. The highest BCUT2D eigenvalue weighted by Crippen LogP contribution is 2.21. The number of hydrogen-bond acceptors (Lipinski definition) is 5. The van der Waals surface area contributed by atoms with Crippen LogP contribution in [0.1, 0.15) is 23.2 Å². The third-order valence-corrected chi connectivity index (χ3v) is 3.88. The lowest BCUT2D eigenvalue weighted by molar-refractivity contribution is -0.0162. The van der Waals surface area contributed by atoms with E-state index in [1.54, 1.807) is 0 Å². The molecule has 1 aliphatic heterocycles. The summed E-state index contributed by atoms with van der Waals surface area (Å²) in [5.74, 6) is -4.09. The summed E-state index contributed by atoms with van der Waals surface area (Å²) in [7, 11) is -4.27. The fourth-order valence-corrected chi connectivity index (χ4v) is 2.44. The van der Waals surface area contributed by atoms with Gasteiger partial charge in [0.05, 0.1) is 23.7 Å². The van der Waals surface area contributed by atoms with Crippen molar-refractivity contribution in [2.45, 2.75) is 23.8 Å². The largest absolute Gasteiger partial charge is 0.459 e. The van der Waals surface area contributed by atoms with Gasteiger partial charge in [-0.25, -0.2) is 27.1 Å². The van der Waals surface area contributed by atoms with Crippen molar-refractivity contribution in [3.8, 4) is 0 Å². The molecular weight excluding hydrogens is 308 g/mol. The first-order chi connectivity index (χ1) is 9.79. The van der Waals surface area contributed by atoms with Crippen LogP contribution in [0.25, 0.3) is 0 Å². The molecule has 1 aromatic rings. The molecule has 9 heteroatoms. The molecule has 116 valence electrons. The number of sulfonamides is 1. The van der Waals surface area contributed by atoms with E-state index in [0.29, 0.717) is 38.2 Å². The maximum Gasteiger partial charge on any atom is 0.341 e. The van der Waals surface area contributed by atoms with E-state index in [0.717, 1.165) is 0 Å². The molecule has 1 aliphatic rings. The van der Waals surface area contributed by atoms with E-state index in [1.807, 2.05) is 0 Å². The third kappa shape index (κ3) is 3.74. The number of rotatable bonds is 3. The summed E-state index contributed by atoms with van der Waals surface area (Å²) in [5, 5.41) is 4.84. The number of primary sulfonamides is 1. The van der Waals surface area contributed by atoms with Crippen LogP contribution in [-0.4, -0.2) is 33.7 Å². The van der Waals surface area contributed by atoms with Crippen LogP contribution in [-0.2, 0) is 19.5 Å². The van der Waals surface area contributed by atoms with Crippen molar-refractivity contribution in [3.63, 3.8) is 0 Å². The zero-order chi connectivity index (χ0) is 15.6. The van der Waals surface area contributed by atoms with Gasteiger partial charge in [-0.05, 0) is 12.1 Å². The summed E-state index contributed by atoms with van der Waals surface area (Å²) in [5.41, 5.74) is -0.800. The number of nitrogens with two attached hydrogens (primary N) is 1. The average molecular weight is 321 g/mol. The fourth-order valence-electron chi connectivity index (χ4n) is 1.89. The molecule has 0 aliphatic carbocycles. The Morgan fingerprint density at radius 1 is 1.29 bits per heavy atom. The molecule has 21 heavy (non-hydrogen) atoms. The first-order valence-electron chi connectivity index (χ1n) is 6.09. The van der Waals surface area contributed by atoms with E-state index in [1.165, 1.54) is 0 Å². The lowest BCUT2D eigenvalue weighted by Crippen LogP contribution is -2.27.